The molecule has 0 bridgehead atoms. The van der Waals surface area contributed by atoms with E-state index in [1.165, 1.54) is 12.1 Å². The molecule has 6 nitrogen and oxygen atoms in total. The lowest BCUT2D eigenvalue weighted by molar-refractivity contribution is -0.122. The van der Waals surface area contributed by atoms with Crippen LogP contribution >= 0.6 is 11.3 Å². The molecule has 1 fully saturated rings. The monoisotopic (exact) mass is 467 g/mol. The predicted octanol–water partition coefficient (Wildman–Crippen LogP) is 4.14. The zero-order valence-corrected chi connectivity index (χ0v) is 20.1. The molecule has 0 aliphatic carbocycles. The maximum absolute atomic E-state index is 13.4. The third-order valence-electron chi connectivity index (χ3n) is 5.77. The molecule has 1 N–H and O–H groups in total. The van der Waals surface area contributed by atoms with Crippen molar-refractivity contribution in [2.45, 2.75) is 32.7 Å². The number of hydrogen-bond donors (Lipinski definition) is 1. The minimum atomic E-state index is -0.285. The Morgan fingerprint density at radius 2 is 1.85 bits per heavy atom. The number of nitrogens with zero attached hydrogens (tertiary/aromatic N) is 4. The lowest BCUT2D eigenvalue weighted by Gasteiger charge is -2.35. The van der Waals surface area contributed by atoms with E-state index in [1.54, 1.807) is 23.5 Å². The summed E-state index contributed by atoms with van der Waals surface area (Å²) >= 11 is 1.58. The number of halogens is 1. The fourth-order valence-electron chi connectivity index (χ4n) is 3.97. The minimum Gasteiger partial charge on any atom is -0.354 e. The summed E-state index contributed by atoms with van der Waals surface area (Å²) in [6.45, 7) is 9.73. The molecule has 0 spiro atoms. The number of carbonyl (C=O) groups excluding carboxylic acids is 1. The van der Waals surface area contributed by atoms with Gasteiger partial charge < -0.3 is 10.2 Å². The number of aryl methyl sites for hydroxylation is 1. The van der Waals surface area contributed by atoms with Gasteiger partial charge in [0.15, 0.2) is 0 Å². The van der Waals surface area contributed by atoms with E-state index < -0.39 is 0 Å². The smallest absolute Gasteiger partial charge is 0.234 e. The van der Waals surface area contributed by atoms with Crippen LogP contribution in [-0.2, 0) is 4.79 Å². The van der Waals surface area contributed by atoms with Gasteiger partial charge in [-0.15, -0.1) is 11.3 Å². The molecule has 1 unspecified atom stereocenters. The second-order valence-electron chi connectivity index (χ2n) is 8.71. The number of nitrogens with one attached hydrogen (secondary N) is 1. The average molecular weight is 468 g/mol. The molecule has 174 valence electrons. The summed E-state index contributed by atoms with van der Waals surface area (Å²) in [7, 11) is 0. The maximum atomic E-state index is 13.4. The number of anilines is 1. The average Bonchev–Trinajstić information content (AvgIpc) is 3.33. The highest BCUT2D eigenvalue weighted by Gasteiger charge is 2.23. The lowest BCUT2D eigenvalue weighted by Crippen LogP contribution is -2.50. The van der Waals surface area contributed by atoms with Crippen LogP contribution in [0, 0.1) is 12.7 Å². The molecular formula is C25H30FN5OS. The second-order valence-corrected chi connectivity index (χ2v) is 9.69. The zero-order chi connectivity index (χ0) is 23.4. The van der Waals surface area contributed by atoms with E-state index >= 15 is 0 Å². The standard InChI is InChI=1S/C25H30FN5OS/c1-17(2)25-27-18(3)15-22(28-25)31-12-10-30(11-13-31)16-23(32)29-24(21-5-4-14-33-21)19-6-8-20(26)9-7-19/h4-9,14-15,17,24H,10-13,16H2,1-3H3,(H,29,32). The molecule has 3 heterocycles. The first-order valence-electron chi connectivity index (χ1n) is 11.3. The minimum absolute atomic E-state index is 0.0360. The molecule has 1 saturated heterocycles. The third-order valence-corrected chi connectivity index (χ3v) is 6.71. The number of carbonyl (C=O) groups is 1. The van der Waals surface area contributed by atoms with E-state index in [0.717, 1.165) is 54.0 Å². The van der Waals surface area contributed by atoms with E-state index in [9.17, 15) is 9.18 Å². The van der Waals surface area contributed by atoms with Crippen LogP contribution in [0.1, 0.15) is 47.8 Å². The Kier molecular flexibility index (Phi) is 7.35. The van der Waals surface area contributed by atoms with Crippen LogP contribution in [0.5, 0.6) is 0 Å². The fraction of sp³-hybridized carbons (Fsp3) is 0.400. The molecule has 1 aliphatic rings. The molecule has 1 atom stereocenters. The molecule has 4 rings (SSSR count). The molecule has 1 amide bonds. The van der Waals surface area contributed by atoms with Gasteiger partial charge >= 0.3 is 0 Å². The quantitative estimate of drug-likeness (QED) is 0.566. The fourth-order valence-corrected chi connectivity index (χ4v) is 4.77. The zero-order valence-electron chi connectivity index (χ0n) is 19.3. The molecule has 1 aliphatic heterocycles. The first kappa shape index (κ1) is 23.3. The molecule has 8 heteroatoms. The molecule has 0 radical (unpaired) electrons. The van der Waals surface area contributed by atoms with Gasteiger partial charge in [-0.05, 0) is 36.1 Å². The van der Waals surface area contributed by atoms with Crippen LogP contribution in [0.4, 0.5) is 10.2 Å². The van der Waals surface area contributed by atoms with E-state index in [-0.39, 0.29) is 23.7 Å². The maximum Gasteiger partial charge on any atom is 0.234 e. The summed E-state index contributed by atoms with van der Waals surface area (Å²) in [6.07, 6.45) is 0. The highest BCUT2D eigenvalue weighted by Crippen LogP contribution is 2.26. The van der Waals surface area contributed by atoms with Gasteiger partial charge in [0.1, 0.15) is 17.5 Å². The van der Waals surface area contributed by atoms with E-state index in [1.807, 2.05) is 30.5 Å². The summed E-state index contributed by atoms with van der Waals surface area (Å²) in [4.78, 5) is 27.7. The van der Waals surface area contributed by atoms with Crippen LogP contribution in [0.2, 0.25) is 0 Å². The summed E-state index contributed by atoms with van der Waals surface area (Å²) in [6, 6.07) is 12.0. The highest BCUT2D eigenvalue weighted by atomic mass is 32.1. The summed E-state index contributed by atoms with van der Waals surface area (Å²) in [5.74, 6) is 1.79. The van der Waals surface area contributed by atoms with Crippen molar-refractivity contribution in [1.29, 1.82) is 0 Å². The normalized spacial score (nSPS) is 15.6. The molecule has 33 heavy (non-hydrogen) atoms. The number of hydrogen-bond acceptors (Lipinski definition) is 6. The molecule has 1 aromatic carbocycles. The molecule has 0 saturated carbocycles. The Balaban J connectivity index is 1.36. The van der Waals surface area contributed by atoms with E-state index in [4.69, 9.17) is 4.98 Å². The molecule has 3 aromatic rings. The lowest BCUT2D eigenvalue weighted by atomic mass is 10.1. The van der Waals surface area contributed by atoms with E-state index in [0.29, 0.717) is 6.54 Å². The summed E-state index contributed by atoms with van der Waals surface area (Å²) in [5, 5.41) is 5.13. The van der Waals surface area contributed by atoms with Crippen LogP contribution in [-0.4, -0.2) is 53.5 Å². The van der Waals surface area contributed by atoms with Crippen molar-refractivity contribution in [1.82, 2.24) is 20.2 Å². The number of thiophene rings is 1. The largest absolute Gasteiger partial charge is 0.354 e. The van der Waals surface area contributed by atoms with Crippen molar-refractivity contribution in [3.63, 3.8) is 0 Å². The van der Waals surface area contributed by atoms with Gasteiger partial charge in [0.2, 0.25) is 5.91 Å². The Morgan fingerprint density at radius 3 is 2.48 bits per heavy atom. The van der Waals surface area contributed by atoms with E-state index in [2.05, 4.69) is 33.9 Å². The van der Waals surface area contributed by atoms with Crippen molar-refractivity contribution in [2.75, 3.05) is 37.6 Å². The van der Waals surface area contributed by atoms with Crippen LogP contribution < -0.4 is 10.2 Å². The second kappa shape index (κ2) is 10.4. The summed E-state index contributed by atoms with van der Waals surface area (Å²) < 4.78 is 13.4. The third kappa shape index (κ3) is 5.94. The Bertz CT molecular complexity index is 1060. The van der Waals surface area contributed by atoms with Gasteiger partial charge in [-0.3, -0.25) is 9.69 Å². The first-order valence-corrected chi connectivity index (χ1v) is 12.2. The van der Waals surface area contributed by atoms with Gasteiger partial charge in [-0.25, -0.2) is 14.4 Å². The topological polar surface area (TPSA) is 61.4 Å². The van der Waals surface area contributed by atoms with Crippen LogP contribution in [0.15, 0.2) is 47.8 Å². The van der Waals surface area contributed by atoms with Gasteiger partial charge in [-0.1, -0.05) is 32.0 Å². The van der Waals surface area contributed by atoms with Crippen molar-refractivity contribution in [3.8, 4) is 0 Å². The summed E-state index contributed by atoms with van der Waals surface area (Å²) in [5.41, 5.74) is 1.85. The Morgan fingerprint density at radius 1 is 1.12 bits per heavy atom. The molecule has 2 aromatic heterocycles. The Labute approximate surface area is 198 Å². The van der Waals surface area contributed by atoms with Gasteiger partial charge in [0, 0.05) is 48.7 Å². The number of amides is 1. The van der Waals surface area contributed by atoms with Gasteiger partial charge in [0.05, 0.1) is 12.6 Å². The van der Waals surface area contributed by atoms with Crippen molar-refractivity contribution in [2.24, 2.45) is 0 Å². The SMILES string of the molecule is Cc1cc(N2CCN(CC(=O)NC(c3ccc(F)cc3)c3cccs3)CC2)nc(C(C)C)n1. The first-order chi connectivity index (χ1) is 15.9. The Hall–Kier alpha value is -2.84. The number of rotatable bonds is 7. The number of piperazine rings is 1. The van der Waals surface area contributed by atoms with Gasteiger partial charge in [-0.2, -0.15) is 0 Å². The van der Waals surface area contributed by atoms with Gasteiger partial charge in [0.25, 0.3) is 0 Å². The number of benzene rings is 1. The van der Waals surface area contributed by atoms with Crippen LogP contribution in [0.25, 0.3) is 0 Å². The molecular weight excluding hydrogens is 437 g/mol. The van der Waals surface area contributed by atoms with Crippen molar-refractivity contribution >= 4 is 23.1 Å². The predicted molar refractivity (Wildman–Crippen MR) is 130 cm³/mol. The van der Waals surface area contributed by atoms with Crippen molar-refractivity contribution < 1.29 is 9.18 Å². The van der Waals surface area contributed by atoms with Crippen molar-refractivity contribution in [3.05, 3.63) is 75.6 Å². The van der Waals surface area contributed by atoms with Crippen LogP contribution in [0.3, 0.4) is 0 Å². The highest BCUT2D eigenvalue weighted by molar-refractivity contribution is 7.10. The number of aromatic nitrogens is 2.